The number of rotatable bonds is 7. The monoisotopic (exact) mass is 807 g/mol. The van der Waals surface area contributed by atoms with Crippen molar-refractivity contribution in [1.82, 2.24) is 14.5 Å². The quantitative estimate of drug-likeness (QED) is 0.174. The van der Waals surface area contributed by atoms with Crippen molar-refractivity contribution >= 4 is 11.0 Å². The van der Waals surface area contributed by atoms with Gasteiger partial charge in [0.05, 0.1) is 22.3 Å². The molecule has 0 unspecified atom stereocenters. The number of aryl methyl sites for hydroxylation is 2. The van der Waals surface area contributed by atoms with E-state index in [1.54, 1.807) is 0 Å². The van der Waals surface area contributed by atoms with E-state index < -0.39 is 0 Å². The second kappa shape index (κ2) is 15.8. The average Bonchev–Trinajstić information content (AvgIpc) is 3.67. The van der Waals surface area contributed by atoms with Gasteiger partial charge in [-0.15, -0.1) is 0 Å². The summed E-state index contributed by atoms with van der Waals surface area (Å²) in [6, 6.07) is 58.3. The van der Waals surface area contributed by atoms with Crippen molar-refractivity contribution < 1.29 is 5.11 Å². The van der Waals surface area contributed by atoms with Gasteiger partial charge in [0.15, 0.2) is 0 Å². The molecule has 0 saturated heterocycles. The first-order valence-electron chi connectivity index (χ1n) is 21.5. The third-order valence-electron chi connectivity index (χ3n) is 12.0. The molecule has 0 aliphatic rings. The van der Waals surface area contributed by atoms with E-state index in [-0.39, 0.29) is 16.6 Å². The zero-order valence-electron chi connectivity index (χ0n) is 37.0. The van der Waals surface area contributed by atoms with E-state index in [2.05, 4.69) is 205 Å². The lowest BCUT2D eigenvalue weighted by Gasteiger charge is -2.25. The molecular formula is C58H53N3O. The molecule has 0 spiro atoms. The normalized spacial score (nSPS) is 11.9. The van der Waals surface area contributed by atoms with Gasteiger partial charge >= 0.3 is 0 Å². The van der Waals surface area contributed by atoms with Gasteiger partial charge in [-0.05, 0) is 134 Å². The maximum Gasteiger partial charge on any atom is 0.149 e. The van der Waals surface area contributed by atoms with Gasteiger partial charge in [-0.25, -0.2) is 4.98 Å². The summed E-state index contributed by atoms with van der Waals surface area (Å²) in [6.45, 7) is 17.6. The third-order valence-corrected chi connectivity index (χ3v) is 12.0. The molecule has 0 bridgehead atoms. The number of aromatic nitrogens is 3. The average molecular weight is 808 g/mol. The van der Waals surface area contributed by atoms with Crippen molar-refractivity contribution in [1.29, 1.82) is 0 Å². The first kappa shape index (κ1) is 40.4. The Labute approximate surface area is 366 Å². The highest BCUT2D eigenvalue weighted by Gasteiger charge is 2.25. The zero-order chi connectivity index (χ0) is 43.3. The Morgan fingerprint density at radius 1 is 0.484 bits per heavy atom. The number of benzene rings is 7. The third kappa shape index (κ3) is 7.74. The summed E-state index contributed by atoms with van der Waals surface area (Å²) in [4.78, 5) is 10.5. The SMILES string of the molecule is Cc1cc(C)c(O)c(-c2nc3c(-c4cc(-c5cc(-c6ccc(-c7ccccc7)cc6)ccn5)cc(C(C)(C)C)c4)cccc3n2-c2ccc(-c3ccccc3)c(C(C)(C)C)c2)c1. The highest BCUT2D eigenvalue weighted by molar-refractivity contribution is 5.97. The number of hydrogen-bond donors (Lipinski definition) is 1. The lowest BCUT2D eigenvalue weighted by atomic mass is 9.81. The van der Waals surface area contributed by atoms with Crippen molar-refractivity contribution in [3.8, 4) is 78.6 Å². The lowest BCUT2D eigenvalue weighted by molar-refractivity contribution is 0.472. The number of phenols is 1. The van der Waals surface area contributed by atoms with E-state index in [1.165, 1.54) is 33.4 Å². The van der Waals surface area contributed by atoms with Gasteiger partial charge in [0.2, 0.25) is 0 Å². The predicted octanol–water partition coefficient (Wildman–Crippen LogP) is 15.3. The van der Waals surface area contributed by atoms with Crippen molar-refractivity contribution in [3.05, 3.63) is 192 Å². The molecule has 9 rings (SSSR count). The molecule has 62 heavy (non-hydrogen) atoms. The van der Waals surface area contributed by atoms with Crippen LogP contribution >= 0.6 is 0 Å². The zero-order valence-corrected chi connectivity index (χ0v) is 37.0. The molecule has 0 aliphatic carbocycles. The molecule has 0 radical (unpaired) electrons. The molecule has 2 heterocycles. The van der Waals surface area contributed by atoms with E-state index in [9.17, 15) is 5.11 Å². The number of aromatic hydroxyl groups is 1. The summed E-state index contributed by atoms with van der Waals surface area (Å²) in [5.41, 5.74) is 18.6. The smallest absolute Gasteiger partial charge is 0.149 e. The van der Waals surface area contributed by atoms with Crippen molar-refractivity contribution in [2.75, 3.05) is 0 Å². The minimum atomic E-state index is -0.147. The Morgan fingerprint density at radius 3 is 1.81 bits per heavy atom. The fourth-order valence-electron chi connectivity index (χ4n) is 8.68. The molecule has 4 heteroatoms. The second-order valence-electron chi connectivity index (χ2n) is 18.7. The Hall–Kier alpha value is -7.04. The van der Waals surface area contributed by atoms with Crippen LogP contribution in [0.3, 0.4) is 0 Å². The van der Waals surface area contributed by atoms with E-state index in [0.29, 0.717) is 11.4 Å². The van der Waals surface area contributed by atoms with Gasteiger partial charge in [-0.3, -0.25) is 9.55 Å². The van der Waals surface area contributed by atoms with E-state index >= 15 is 0 Å². The molecular weight excluding hydrogens is 755 g/mol. The van der Waals surface area contributed by atoms with Crippen LogP contribution in [-0.4, -0.2) is 19.6 Å². The summed E-state index contributed by atoms with van der Waals surface area (Å²) >= 11 is 0. The van der Waals surface area contributed by atoms with Gasteiger partial charge in [-0.1, -0.05) is 157 Å². The largest absolute Gasteiger partial charge is 0.507 e. The fraction of sp³-hybridized carbons (Fsp3) is 0.172. The lowest BCUT2D eigenvalue weighted by Crippen LogP contribution is -2.14. The summed E-state index contributed by atoms with van der Waals surface area (Å²) in [7, 11) is 0. The summed E-state index contributed by atoms with van der Waals surface area (Å²) in [5, 5.41) is 11.7. The van der Waals surface area contributed by atoms with Crippen molar-refractivity contribution in [2.45, 2.75) is 66.2 Å². The first-order valence-corrected chi connectivity index (χ1v) is 21.5. The first-order chi connectivity index (χ1) is 29.7. The van der Waals surface area contributed by atoms with Crippen LogP contribution in [0, 0.1) is 13.8 Å². The van der Waals surface area contributed by atoms with Crippen LogP contribution in [0.1, 0.15) is 63.8 Å². The summed E-state index contributed by atoms with van der Waals surface area (Å²) < 4.78 is 2.24. The topological polar surface area (TPSA) is 50.9 Å². The van der Waals surface area contributed by atoms with Crippen LogP contribution in [0.25, 0.3) is 83.9 Å². The minimum Gasteiger partial charge on any atom is -0.507 e. The highest BCUT2D eigenvalue weighted by atomic mass is 16.3. The van der Waals surface area contributed by atoms with Crippen LogP contribution in [0.4, 0.5) is 0 Å². The molecule has 9 aromatic rings. The number of hydrogen-bond acceptors (Lipinski definition) is 3. The molecule has 306 valence electrons. The highest BCUT2D eigenvalue weighted by Crippen LogP contribution is 2.43. The predicted molar refractivity (Wildman–Crippen MR) is 260 cm³/mol. The van der Waals surface area contributed by atoms with Crippen molar-refractivity contribution in [3.63, 3.8) is 0 Å². The van der Waals surface area contributed by atoms with Crippen LogP contribution in [0.2, 0.25) is 0 Å². The van der Waals surface area contributed by atoms with Crippen LogP contribution < -0.4 is 0 Å². The minimum absolute atomic E-state index is 0.136. The summed E-state index contributed by atoms with van der Waals surface area (Å²) in [6.07, 6.45) is 1.92. The van der Waals surface area contributed by atoms with Gasteiger partial charge in [0.25, 0.3) is 0 Å². The Balaban J connectivity index is 1.23. The van der Waals surface area contributed by atoms with E-state index in [1.807, 2.05) is 25.3 Å². The molecule has 7 aromatic carbocycles. The molecule has 2 aromatic heterocycles. The van der Waals surface area contributed by atoms with E-state index in [4.69, 9.17) is 9.97 Å². The molecule has 0 amide bonds. The van der Waals surface area contributed by atoms with Crippen LogP contribution in [-0.2, 0) is 10.8 Å². The van der Waals surface area contributed by atoms with Crippen LogP contribution in [0.15, 0.2) is 170 Å². The standard InChI is InChI=1S/C58H53N3O/c1-37-30-38(2)55(62)50(31-37)56-60-54-49(20-15-21-53(54)61(56)47-26-27-48(42-18-13-10-14-19-42)51(36-47)58(6,7)8)44-32-45(34-46(33-44)57(3,4)5)52-35-43(28-29-59-52)41-24-22-40(23-25-41)39-16-11-9-12-17-39/h9-36,62H,1-8H3. The molecule has 0 atom stereocenters. The number of pyridine rings is 1. The second-order valence-corrected chi connectivity index (χ2v) is 18.7. The number of para-hydroxylation sites is 1. The van der Waals surface area contributed by atoms with E-state index in [0.717, 1.165) is 61.4 Å². The van der Waals surface area contributed by atoms with Crippen LogP contribution in [0.5, 0.6) is 5.75 Å². The van der Waals surface area contributed by atoms with Gasteiger partial charge < -0.3 is 5.11 Å². The van der Waals surface area contributed by atoms with Crippen molar-refractivity contribution in [2.24, 2.45) is 0 Å². The maximum absolute atomic E-state index is 11.7. The van der Waals surface area contributed by atoms with Gasteiger partial charge in [0, 0.05) is 23.0 Å². The molecule has 0 saturated carbocycles. The Kier molecular flexibility index (Phi) is 10.3. The fourth-order valence-corrected chi connectivity index (χ4v) is 8.68. The van der Waals surface area contributed by atoms with Gasteiger partial charge in [0.1, 0.15) is 11.6 Å². The Bertz CT molecular complexity index is 3090. The number of nitrogens with zero attached hydrogens (tertiary/aromatic N) is 3. The maximum atomic E-state index is 11.7. The van der Waals surface area contributed by atoms with Gasteiger partial charge in [-0.2, -0.15) is 0 Å². The molecule has 4 nitrogen and oxygen atoms in total. The number of fused-ring (bicyclic) bond motifs is 1. The summed E-state index contributed by atoms with van der Waals surface area (Å²) in [5.74, 6) is 0.937. The molecule has 0 aliphatic heterocycles. The Morgan fingerprint density at radius 2 is 1.13 bits per heavy atom. The molecule has 0 fully saturated rings. The molecule has 1 N–H and O–H groups in total. The number of imidazole rings is 1. The number of phenolic OH excluding ortho intramolecular Hbond substituents is 1.